The van der Waals surface area contributed by atoms with E-state index < -0.39 is 30.6 Å². The fourth-order valence-electron chi connectivity index (χ4n) is 3.48. The molecule has 0 aliphatic rings. The summed E-state index contributed by atoms with van der Waals surface area (Å²) < 4.78 is 21.3. The van der Waals surface area contributed by atoms with E-state index in [4.69, 9.17) is 6.64 Å². The van der Waals surface area contributed by atoms with Crippen molar-refractivity contribution in [3.05, 3.63) is 12.2 Å². The molecule has 0 spiro atoms. The Morgan fingerprint density at radius 3 is 1.61 bits per heavy atom. The van der Waals surface area contributed by atoms with Gasteiger partial charge in [-0.15, -0.1) is 0 Å². The molecule has 0 N–H and O–H groups in total. The molecule has 0 heterocycles. The van der Waals surface area contributed by atoms with Crippen molar-refractivity contribution in [1.82, 2.24) is 0 Å². The van der Waals surface area contributed by atoms with Gasteiger partial charge in [0.15, 0.2) is 0 Å². The van der Waals surface area contributed by atoms with Crippen LogP contribution >= 0.6 is 0 Å². The van der Waals surface area contributed by atoms with Crippen molar-refractivity contribution >= 4 is 11.9 Å². The van der Waals surface area contributed by atoms with Crippen LogP contribution in [-0.2, 0) is 38.2 Å². The molecule has 0 aromatic heterocycles. The maximum atomic E-state index is 11.7. The van der Waals surface area contributed by atoms with Crippen LogP contribution in [0.4, 0.5) is 0 Å². The Kier molecular flexibility index (Phi) is 19.3. The van der Waals surface area contributed by atoms with Crippen molar-refractivity contribution < 1.29 is 38.2 Å². The van der Waals surface area contributed by atoms with E-state index in [0.717, 1.165) is 25.2 Å². The quantitative estimate of drug-likeness (QED) is 0.103. The molecule has 6 heteroatoms. The van der Waals surface area contributed by atoms with E-state index in [1.54, 1.807) is 0 Å². The fraction of sp³-hybridized carbons (Fsp3) is 0.840. The van der Waals surface area contributed by atoms with Crippen molar-refractivity contribution in [2.24, 2.45) is 11.8 Å². The third-order valence-electron chi connectivity index (χ3n) is 5.23. The van der Waals surface area contributed by atoms with E-state index in [2.05, 4.69) is 20.4 Å². The zero-order chi connectivity index (χ0) is 23.5. The third-order valence-corrected chi connectivity index (χ3v) is 6.39. The Bertz CT molecular complexity index is 528. The Labute approximate surface area is 197 Å². The summed E-state index contributed by atoms with van der Waals surface area (Å²) in [6.45, 7) is 12.1. The van der Waals surface area contributed by atoms with Crippen LogP contribution in [0.3, 0.4) is 0 Å². The van der Waals surface area contributed by atoms with E-state index in [0.29, 0.717) is 6.42 Å². The zero-order valence-electron chi connectivity index (χ0n) is 20.5. The molecule has 5 nitrogen and oxygen atoms in total. The van der Waals surface area contributed by atoms with Gasteiger partial charge in [-0.05, 0) is 5.92 Å². The molecule has 0 aliphatic heterocycles. The van der Waals surface area contributed by atoms with Gasteiger partial charge >= 0.3 is 153 Å². The van der Waals surface area contributed by atoms with E-state index in [1.165, 1.54) is 64.2 Å². The zero-order valence-corrected chi connectivity index (χ0v) is 22.1. The topological polar surface area (TPSA) is 69.7 Å². The van der Waals surface area contributed by atoms with Crippen molar-refractivity contribution in [2.75, 3.05) is 0 Å². The van der Waals surface area contributed by atoms with Gasteiger partial charge in [0.05, 0.1) is 0 Å². The minimum Gasteiger partial charge on any atom is -0.0628 e. The van der Waals surface area contributed by atoms with Crippen LogP contribution in [0.2, 0.25) is 0 Å². The van der Waals surface area contributed by atoms with Gasteiger partial charge in [-0.2, -0.15) is 0 Å². The molecule has 0 radical (unpaired) electrons. The molecule has 0 atom stereocenters. The molecule has 0 aromatic carbocycles. The summed E-state index contributed by atoms with van der Waals surface area (Å²) in [6, 6.07) is 0. The number of unbranched alkanes of at least 4 members (excludes halogenated alkanes) is 11. The van der Waals surface area contributed by atoms with E-state index in [-0.39, 0.29) is 17.9 Å². The van der Waals surface area contributed by atoms with Crippen LogP contribution in [0.15, 0.2) is 12.2 Å². The summed E-state index contributed by atoms with van der Waals surface area (Å²) in [6.07, 6.45) is 16.8. The van der Waals surface area contributed by atoms with Gasteiger partial charge in [-0.3, -0.25) is 0 Å². The average molecular weight is 475 g/mol. The van der Waals surface area contributed by atoms with Gasteiger partial charge in [0, 0.05) is 0 Å². The Morgan fingerprint density at radius 2 is 1.16 bits per heavy atom. The van der Waals surface area contributed by atoms with Gasteiger partial charge in [0.25, 0.3) is 0 Å². The van der Waals surface area contributed by atoms with E-state index in [1.807, 2.05) is 13.8 Å². The second kappa shape index (κ2) is 19.8. The number of rotatable bonds is 20. The summed E-state index contributed by atoms with van der Waals surface area (Å²) in [5, 5.41) is 0. The van der Waals surface area contributed by atoms with Crippen molar-refractivity contribution in [1.29, 1.82) is 0 Å². The fourth-order valence-corrected chi connectivity index (χ4v) is 4.45. The Morgan fingerprint density at radius 1 is 0.710 bits per heavy atom. The molecular formula is C25H46O5Ti. The summed E-state index contributed by atoms with van der Waals surface area (Å²) in [7, 11) is 0. The molecule has 180 valence electrons. The van der Waals surface area contributed by atoms with Gasteiger partial charge < -0.3 is 0 Å². The molecule has 0 amide bonds. The van der Waals surface area contributed by atoms with E-state index >= 15 is 0 Å². The van der Waals surface area contributed by atoms with Gasteiger partial charge in [0.2, 0.25) is 0 Å². The van der Waals surface area contributed by atoms with Gasteiger partial charge in [0.1, 0.15) is 0 Å². The van der Waals surface area contributed by atoms with Crippen LogP contribution in [-0.4, -0.2) is 11.9 Å². The maximum absolute atomic E-state index is 11.7. The predicted molar refractivity (Wildman–Crippen MR) is 121 cm³/mol. The van der Waals surface area contributed by atoms with E-state index in [9.17, 15) is 12.9 Å². The monoisotopic (exact) mass is 474 g/mol. The summed E-state index contributed by atoms with van der Waals surface area (Å²) in [5.41, 5.74) is 0.258. The molecule has 0 unspecified atom stereocenters. The van der Waals surface area contributed by atoms with Crippen molar-refractivity contribution in [3.63, 3.8) is 0 Å². The minimum atomic E-state index is -3.81. The first-order valence-electron chi connectivity index (χ1n) is 12.4. The first-order chi connectivity index (χ1) is 14.7. The smallest absolute Gasteiger partial charge is 0.0628 e. The molecule has 0 fully saturated rings. The second-order valence-electron chi connectivity index (χ2n) is 9.49. The predicted octanol–water partition coefficient (Wildman–Crippen LogP) is 7.59. The Balaban J connectivity index is 3.51. The first-order valence-corrected chi connectivity index (χ1v) is 14.3. The second-order valence-corrected chi connectivity index (χ2v) is 10.9. The minimum absolute atomic E-state index is 0.222. The van der Waals surface area contributed by atoms with Gasteiger partial charge in [-0.25, -0.2) is 0 Å². The van der Waals surface area contributed by atoms with Gasteiger partial charge in [-0.1, -0.05) is 39.5 Å². The number of hydrogen-bond acceptors (Lipinski definition) is 5. The molecule has 0 saturated carbocycles. The van der Waals surface area contributed by atoms with Crippen LogP contribution in [0.5, 0.6) is 0 Å². The Hall–Kier alpha value is -0.806. The first kappa shape index (κ1) is 30.2. The summed E-state index contributed by atoms with van der Waals surface area (Å²) >= 11 is -3.81. The number of carbonyl (C=O) groups is 2. The van der Waals surface area contributed by atoms with Crippen LogP contribution in [0.1, 0.15) is 124 Å². The molecule has 0 aromatic rings. The number of hydrogen-bond donors (Lipinski definition) is 0. The average Bonchev–Trinajstić information content (AvgIpc) is 2.67. The summed E-state index contributed by atoms with van der Waals surface area (Å²) in [4.78, 5) is 23.4. The van der Waals surface area contributed by atoms with Crippen LogP contribution in [0.25, 0.3) is 0 Å². The molecule has 0 bridgehead atoms. The van der Waals surface area contributed by atoms with Crippen molar-refractivity contribution in [2.45, 2.75) is 124 Å². The SMILES string of the molecule is C=C(CC(C)C)C(=O)[O][Ti](=[O])[O]C(=O)CCCCCCCCCCCCCCC(C)C. The standard InChI is InChI=1S/C18H36O2.C7H12O2.O.Ti/c1-17(2)15-13-11-9-7-5-3-4-6-8-10-12-14-16-18(19)20;1-5(2)4-6(3)7(8)9;;/h17H,3-16H2,1-2H3,(H,19,20);5H,3-4H2,1-2H3,(H,8,9);;/q;;;+2/p-2. The molecule has 0 rings (SSSR count). The normalized spacial score (nSPS) is 11.0. The van der Waals surface area contributed by atoms with Crippen LogP contribution in [0, 0.1) is 11.8 Å². The molecule has 31 heavy (non-hydrogen) atoms. The molecular weight excluding hydrogens is 428 g/mol. The summed E-state index contributed by atoms with van der Waals surface area (Å²) in [5.74, 6) is -0.179. The van der Waals surface area contributed by atoms with Crippen LogP contribution < -0.4 is 0 Å². The molecule has 0 saturated heterocycles. The third kappa shape index (κ3) is 20.8. The van der Waals surface area contributed by atoms with Crippen molar-refractivity contribution in [3.8, 4) is 0 Å². The molecule has 0 aliphatic carbocycles. The number of carbonyl (C=O) groups excluding carboxylic acids is 2.